The van der Waals surface area contributed by atoms with Crippen LogP contribution in [0.15, 0.2) is 48.1 Å². The minimum atomic E-state index is -0.247. The van der Waals surface area contributed by atoms with E-state index in [-0.39, 0.29) is 5.91 Å². The molecule has 0 radical (unpaired) electrons. The molecule has 0 atom stereocenters. The third kappa shape index (κ3) is 5.13. The number of nitrogens with zero attached hydrogens (tertiary/aromatic N) is 4. The third-order valence-corrected chi connectivity index (χ3v) is 6.15. The molecule has 1 aliphatic carbocycles. The number of hydrogen-bond donors (Lipinski definition) is 2. The second-order valence-corrected chi connectivity index (χ2v) is 8.39. The number of carbonyl (C=O) groups is 1. The highest BCUT2D eigenvalue weighted by Crippen LogP contribution is 2.26. The molecule has 156 valence electrons. The van der Waals surface area contributed by atoms with Crippen molar-refractivity contribution in [2.75, 3.05) is 22.6 Å². The zero-order valence-electron chi connectivity index (χ0n) is 17.0. The van der Waals surface area contributed by atoms with Gasteiger partial charge in [0.25, 0.3) is 5.91 Å². The lowest BCUT2D eigenvalue weighted by molar-refractivity contribution is 0.102. The summed E-state index contributed by atoms with van der Waals surface area (Å²) in [5, 5.41) is 14.0. The maximum atomic E-state index is 12.2. The molecule has 1 saturated carbocycles. The van der Waals surface area contributed by atoms with Crippen LogP contribution < -0.4 is 15.5 Å². The fourth-order valence-electron chi connectivity index (χ4n) is 3.75. The number of pyridine rings is 1. The highest BCUT2D eigenvalue weighted by molar-refractivity contribution is 7.13. The summed E-state index contributed by atoms with van der Waals surface area (Å²) < 4.78 is 0. The Balaban J connectivity index is 1.29. The zero-order chi connectivity index (χ0) is 20.8. The number of carbonyl (C=O) groups excluding carboxylic acids is 1. The molecule has 8 heteroatoms. The van der Waals surface area contributed by atoms with Crippen molar-refractivity contribution in [2.45, 2.75) is 44.7 Å². The summed E-state index contributed by atoms with van der Waals surface area (Å²) >= 11 is 1.28. The topological polar surface area (TPSA) is 83.0 Å². The summed E-state index contributed by atoms with van der Waals surface area (Å²) in [6.45, 7) is 0.677. The van der Waals surface area contributed by atoms with Gasteiger partial charge in [0.05, 0.1) is 5.56 Å². The van der Waals surface area contributed by atoms with Crippen LogP contribution >= 0.6 is 11.3 Å². The lowest BCUT2D eigenvalue weighted by Gasteiger charge is -2.33. The Morgan fingerprint density at radius 2 is 1.93 bits per heavy atom. The van der Waals surface area contributed by atoms with Crippen molar-refractivity contribution < 1.29 is 4.79 Å². The van der Waals surface area contributed by atoms with Gasteiger partial charge < -0.3 is 10.2 Å². The van der Waals surface area contributed by atoms with Crippen LogP contribution in [0.3, 0.4) is 0 Å². The Kier molecular flexibility index (Phi) is 6.53. The summed E-state index contributed by atoms with van der Waals surface area (Å²) in [7, 11) is 2.20. The largest absolute Gasteiger partial charge is 0.372 e. The minimum Gasteiger partial charge on any atom is -0.372 e. The monoisotopic (exact) mass is 422 g/mol. The second-order valence-electron chi connectivity index (χ2n) is 7.55. The predicted octanol–water partition coefficient (Wildman–Crippen LogP) is 4.57. The van der Waals surface area contributed by atoms with Gasteiger partial charge in [-0.3, -0.25) is 10.1 Å². The van der Waals surface area contributed by atoms with Crippen molar-refractivity contribution in [1.29, 1.82) is 0 Å². The van der Waals surface area contributed by atoms with E-state index in [4.69, 9.17) is 0 Å². The van der Waals surface area contributed by atoms with Crippen molar-refractivity contribution in [1.82, 2.24) is 15.2 Å². The molecule has 1 amide bonds. The van der Waals surface area contributed by atoms with E-state index in [1.165, 1.54) is 54.7 Å². The normalized spacial score (nSPS) is 14.3. The molecule has 7 nitrogen and oxygen atoms in total. The van der Waals surface area contributed by atoms with Crippen LogP contribution in [0.4, 0.5) is 16.6 Å². The number of anilines is 3. The highest BCUT2D eigenvalue weighted by Gasteiger charge is 2.18. The van der Waals surface area contributed by atoms with E-state index in [0.29, 0.717) is 23.3 Å². The molecule has 0 spiro atoms. The molecule has 1 aromatic carbocycles. The molecular formula is C22H26N6OS. The molecule has 4 rings (SSSR count). The molecule has 2 aromatic heterocycles. The van der Waals surface area contributed by atoms with Gasteiger partial charge in [0, 0.05) is 31.5 Å². The van der Waals surface area contributed by atoms with Crippen molar-refractivity contribution in [2.24, 2.45) is 0 Å². The van der Waals surface area contributed by atoms with Gasteiger partial charge in [0.2, 0.25) is 5.13 Å². The summed E-state index contributed by atoms with van der Waals surface area (Å²) in [4.78, 5) is 18.9. The van der Waals surface area contributed by atoms with Crippen LogP contribution in [0.25, 0.3) is 0 Å². The maximum absolute atomic E-state index is 12.2. The van der Waals surface area contributed by atoms with Crippen molar-refractivity contribution in [3.05, 3.63) is 59.2 Å². The van der Waals surface area contributed by atoms with Gasteiger partial charge in [-0.2, -0.15) is 0 Å². The van der Waals surface area contributed by atoms with Gasteiger partial charge in [-0.05, 0) is 42.7 Å². The van der Waals surface area contributed by atoms with E-state index >= 15 is 0 Å². The molecule has 2 N–H and O–H groups in total. The van der Waals surface area contributed by atoms with Crippen LogP contribution in [0.1, 0.15) is 48.0 Å². The van der Waals surface area contributed by atoms with E-state index < -0.39 is 0 Å². The van der Waals surface area contributed by atoms with Crippen LogP contribution in [-0.2, 0) is 6.54 Å². The van der Waals surface area contributed by atoms with Gasteiger partial charge in [-0.15, -0.1) is 10.2 Å². The number of nitrogens with one attached hydrogen (secondary N) is 2. The van der Waals surface area contributed by atoms with Crippen molar-refractivity contribution in [3.63, 3.8) is 0 Å². The Bertz CT molecular complexity index is 937. The van der Waals surface area contributed by atoms with Crippen molar-refractivity contribution >= 4 is 33.9 Å². The molecule has 2 heterocycles. The first-order chi connectivity index (χ1) is 14.7. The van der Waals surface area contributed by atoms with E-state index in [1.54, 1.807) is 23.8 Å². The lowest BCUT2D eigenvalue weighted by Crippen LogP contribution is -2.33. The second kappa shape index (κ2) is 9.67. The standard InChI is InChI=1S/C22H26N6OS/c1-28(18-5-3-2-4-6-18)19-10-7-16(8-11-19)13-23-20-12-9-17(14-24-20)21(29)26-22-27-25-15-30-22/h7-12,14-15,18H,2-6,13H2,1H3,(H,23,24)(H,26,27,29). The quantitative estimate of drug-likeness (QED) is 0.580. The summed E-state index contributed by atoms with van der Waals surface area (Å²) in [5.74, 6) is 0.481. The average Bonchev–Trinajstić information content (AvgIpc) is 3.31. The molecule has 0 bridgehead atoms. The summed E-state index contributed by atoms with van der Waals surface area (Å²) in [6, 6.07) is 12.9. The number of hydrogen-bond acceptors (Lipinski definition) is 7. The fourth-order valence-corrected chi connectivity index (χ4v) is 4.19. The van der Waals surface area contributed by atoms with Crippen LogP contribution in [0, 0.1) is 0 Å². The van der Waals surface area contributed by atoms with Crippen molar-refractivity contribution in [3.8, 4) is 0 Å². The van der Waals surface area contributed by atoms with Crippen LogP contribution in [0.2, 0.25) is 0 Å². The van der Waals surface area contributed by atoms with E-state index in [0.717, 1.165) is 5.82 Å². The first-order valence-corrected chi connectivity index (χ1v) is 11.2. The zero-order valence-corrected chi connectivity index (χ0v) is 17.9. The maximum Gasteiger partial charge on any atom is 0.259 e. The van der Waals surface area contributed by atoms with Gasteiger partial charge in [0.1, 0.15) is 11.3 Å². The Labute approximate surface area is 180 Å². The first kappa shape index (κ1) is 20.3. The molecule has 3 aromatic rings. The summed E-state index contributed by atoms with van der Waals surface area (Å²) in [6.07, 6.45) is 8.19. The van der Waals surface area contributed by atoms with Gasteiger partial charge in [-0.1, -0.05) is 42.7 Å². The SMILES string of the molecule is CN(c1ccc(CNc2ccc(C(=O)Nc3nncs3)cn2)cc1)C1CCCCC1. The fraction of sp³-hybridized carbons (Fsp3) is 0.364. The van der Waals surface area contributed by atoms with E-state index in [1.807, 2.05) is 0 Å². The third-order valence-electron chi connectivity index (χ3n) is 5.55. The number of amides is 1. The average molecular weight is 423 g/mol. The van der Waals surface area contributed by atoms with Gasteiger partial charge in [-0.25, -0.2) is 4.98 Å². The highest BCUT2D eigenvalue weighted by atomic mass is 32.1. The molecule has 0 aliphatic heterocycles. The predicted molar refractivity (Wildman–Crippen MR) is 121 cm³/mol. The number of rotatable bonds is 7. The van der Waals surface area contributed by atoms with Gasteiger partial charge >= 0.3 is 0 Å². The smallest absolute Gasteiger partial charge is 0.259 e. The van der Waals surface area contributed by atoms with Crippen LogP contribution in [0.5, 0.6) is 0 Å². The lowest BCUT2D eigenvalue weighted by atomic mass is 9.94. The molecule has 0 saturated heterocycles. The number of benzene rings is 1. The Morgan fingerprint density at radius 1 is 1.13 bits per heavy atom. The Morgan fingerprint density at radius 3 is 2.60 bits per heavy atom. The van der Waals surface area contributed by atoms with E-state index in [2.05, 4.69) is 62.0 Å². The molecule has 30 heavy (non-hydrogen) atoms. The molecule has 0 unspecified atom stereocenters. The molecule has 1 fully saturated rings. The van der Waals surface area contributed by atoms with Crippen LogP contribution in [-0.4, -0.2) is 34.2 Å². The number of aromatic nitrogens is 3. The molecule has 1 aliphatic rings. The van der Waals surface area contributed by atoms with Gasteiger partial charge in [0.15, 0.2) is 0 Å². The summed E-state index contributed by atoms with van der Waals surface area (Å²) in [5.41, 5.74) is 4.51. The van der Waals surface area contributed by atoms with E-state index in [9.17, 15) is 4.79 Å². The Hall–Kier alpha value is -3.00. The molecular weight excluding hydrogens is 396 g/mol. The minimum absolute atomic E-state index is 0.247. The first-order valence-electron chi connectivity index (χ1n) is 10.3.